The molecule has 0 aliphatic rings. The molecule has 4 heteroatoms. The van der Waals surface area contributed by atoms with Gasteiger partial charge >= 0.3 is 0 Å². The third-order valence-electron chi connectivity index (χ3n) is 3.51. The first-order valence-electron chi connectivity index (χ1n) is 7.83. The Hall–Kier alpha value is -1.81. The normalized spacial score (nSPS) is 10.6. The van der Waals surface area contributed by atoms with E-state index in [9.17, 15) is 4.79 Å². The molecule has 0 radical (unpaired) electrons. The van der Waals surface area contributed by atoms with E-state index in [1.165, 1.54) is 5.56 Å². The molecule has 0 unspecified atom stereocenters. The summed E-state index contributed by atoms with van der Waals surface area (Å²) in [6, 6.07) is 15.7. The SMILES string of the molecule is CC(C)c1ccc(OCCCC(=O)Nc2ccccc2Br)cc1. The summed E-state index contributed by atoms with van der Waals surface area (Å²) >= 11 is 3.41. The molecule has 0 saturated carbocycles. The molecule has 0 fully saturated rings. The first-order valence-corrected chi connectivity index (χ1v) is 8.62. The standard InChI is InChI=1S/C19H22BrNO2/c1-14(2)15-9-11-16(12-10-15)23-13-5-8-19(22)21-18-7-4-3-6-17(18)20/h3-4,6-7,9-12,14H,5,8,13H2,1-2H3,(H,21,22). The zero-order valence-electron chi connectivity index (χ0n) is 13.5. The number of para-hydroxylation sites is 1. The molecule has 0 spiro atoms. The quantitative estimate of drug-likeness (QED) is 0.660. The molecule has 2 aromatic rings. The van der Waals surface area contributed by atoms with Gasteiger partial charge in [0.05, 0.1) is 12.3 Å². The van der Waals surface area contributed by atoms with Crippen LogP contribution in [0.5, 0.6) is 5.75 Å². The molecule has 1 N–H and O–H groups in total. The molecule has 0 aromatic heterocycles. The molecule has 0 atom stereocenters. The Morgan fingerprint density at radius 2 is 1.83 bits per heavy atom. The topological polar surface area (TPSA) is 38.3 Å². The van der Waals surface area contributed by atoms with Gasteiger partial charge < -0.3 is 10.1 Å². The van der Waals surface area contributed by atoms with E-state index >= 15 is 0 Å². The number of hydrogen-bond acceptors (Lipinski definition) is 2. The highest BCUT2D eigenvalue weighted by atomic mass is 79.9. The summed E-state index contributed by atoms with van der Waals surface area (Å²) in [5, 5.41) is 2.89. The molecule has 0 bridgehead atoms. The second-order valence-electron chi connectivity index (χ2n) is 5.70. The van der Waals surface area contributed by atoms with E-state index in [1.807, 2.05) is 36.4 Å². The van der Waals surface area contributed by atoms with E-state index in [1.54, 1.807) is 0 Å². The van der Waals surface area contributed by atoms with Gasteiger partial charge in [-0.1, -0.05) is 38.1 Å². The fourth-order valence-corrected chi connectivity index (χ4v) is 2.53. The number of carbonyl (C=O) groups excluding carboxylic acids is 1. The van der Waals surface area contributed by atoms with Crippen molar-refractivity contribution in [2.75, 3.05) is 11.9 Å². The van der Waals surface area contributed by atoms with Gasteiger partial charge in [-0.15, -0.1) is 0 Å². The Morgan fingerprint density at radius 1 is 1.13 bits per heavy atom. The smallest absolute Gasteiger partial charge is 0.224 e. The first-order chi connectivity index (χ1) is 11.1. The van der Waals surface area contributed by atoms with Gasteiger partial charge in [0.25, 0.3) is 0 Å². The van der Waals surface area contributed by atoms with Crippen LogP contribution >= 0.6 is 15.9 Å². The second-order valence-corrected chi connectivity index (χ2v) is 6.56. The van der Waals surface area contributed by atoms with Crippen LogP contribution in [0, 0.1) is 0 Å². The highest BCUT2D eigenvalue weighted by molar-refractivity contribution is 9.10. The Bertz CT molecular complexity index is 638. The minimum atomic E-state index is -0.00402. The first kappa shape index (κ1) is 17.5. The molecule has 23 heavy (non-hydrogen) atoms. The molecular weight excluding hydrogens is 354 g/mol. The second kappa shape index (κ2) is 8.73. The van der Waals surface area contributed by atoms with Crippen molar-refractivity contribution in [2.24, 2.45) is 0 Å². The number of benzene rings is 2. The largest absolute Gasteiger partial charge is 0.494 e. The van der Waals surface area contributed by atoms with Crippen molar-refractivity contribution in [1.82, 2.24) is 0 Å². The predicted octanol–water partition coefficient (Wildman–Crippen LogP) is 5.37. The Kier molecular flexibility index (Phi) is 6.66. The van der Waals surface area contributed by atoms with E-state index in [4.69, 9.17) is 4.74 Å². The Labute approximate surface area is 146 Å². The molecule has 0 heterocycles. The van der Waals surface area contributed by atoms with Gasteiger partial charge in [0.1, 0.15) is 5.75 Å². The van der Waals surface area contributed by atoms with Crippen molar-refractivity contribution in [3.8, 4) is 5.75 Å². The minimum absolute atomic E-state index is 0.00402. The summed E-state index contributed by atoms with van der Waals surface area (Å²) in [6.07, 6.45) is 1.12. The zero-order valence-corrected chi connectivity index (χ0v) is 15.1. The predicted molar refractivity (Wildman–Crippen MR) is 98.0 cm³/mol. The van der Waals surface area contributed by atoms with Gasteiger partial charge in [-0.2, -0.15) is 0 Å². The average Bonchev–Trinajstić information content (AvgIpc) is 2.54. The van der Waals surface area contributed by atoms with Crippen LogP contribution < -0.4 is 10.1 Å². The van der Waals surface area contributed by atoms with Crippen LogP contribution in [0.2, 0.25) is 0 Å². The van der Waals surface area contributed by atoms with Crippen LogP contribution in [0.1, 0.15) is 38.2 Å². The molecule has 0 aliphatic heterocycles. The van der Waals surface area contributed by atoms with Gasteiger partial charge in [-0.05, 0) is 58.1 Å². The molecule has 1 amide bonds. The van der Waals surface area contributed by atoms with Gasteiger partial charge in [0, 0.05) is 10.9 Å². The number of halogens is 1. The number of carbonyl (C=O) groups is 1. The maximum atomic E-state index is 11.9. The maximum Gasteiger partial charge on any atom is 0.224 e. The molecule has 0 saturated heterocycles. The summed E-state index contributed by atoms with van der Waals surface area (Å²) in [4.78, 5) is 11.9. The third kappa shape index (κ3) is 5.71. The number of amides is 1. The molecule has 3 nitrogen and oxygen atoms in total. The maximum absolute atomic E-state index is 11.9. The molecule has 2 aromatic carbocycles. The number of nitrogens with one attached hydrogen (secondary N) is 1. The van der Waals surface area contributed by atoms with E-state index in [-0.39, 0.29) is 5.91 Å². The van der Waals surface area contributed by atoms with Crippen LogP contribution in [-0.2, 0) is 4.79 Å². The third-order valence-corrected chi connectivity index (χ3v) is 4.20. The zero-order chi connectivity index (χ0) is 16.7. The van der Waals surface area contributed by atoms with Gasteiger partial charge in [-0.25, -0.2) is 0 Å². The molecular formula is C19H22BrNO2. The van der Waals surface area contributed by atoms with E-state index in [2.05, 4.69) is 47.2 Å². The highest BCUT2D eigenvalue weighted by Crippen LogP contribution is 2.21. The fraction of sp³-hybridized carbons (Fsp3) is 0.316. The average molecular weight is 376 g/mol. The Morgan fingerprint density at radius 3 is 2.48 bits per heavy atom. The summed E-state index contributed by atoms with van der Waals surface area (Å²) in [5.41, 5.74) is 2.09. The van der Waals surface area contributed by atoms with Gasteiger partial charge in [0.15, 0.2) is 0 Å². The van der Waals surface area contributed by atoms with E-state index in [0.717, 1.165) is 15.9 Å². The Balaban J connectivity index is 1.70. The lowest BCUT2D eigenvalue weighted by atomic mass is 10.0. The molecule has 2 rings (SSSR count). The van der Waals surface area contributed by atoms with E-state index in [0.29, 0.717) is 25.4 Å². The van der Waals surface area contributed by atoms with Crippen molar-refractivity contribution in [1.29, 1.82) is 0 Å². The van der Waals surface area contributed by atoms with Crippen molar-refractivity contribution in [2.45, 2.75) is 32.6 Å². The van der Waals surface area contributed by atoms with Gasteiger partial charge in [0.2, 0.25) is 5.91 Å². The number of ether oxygens (including phenoxy) is 1. The summed E-state index contributed by atoms with van der Waals surface area (Å²) in [7, 11) is 0. The van der Waals surface area contributed by atoms with Crippen molar-refractivity contribution < 1.29 is 9.53 Å². The fourth-order valence-electron chi connectivity index (χ4n) is 2.15. The van der Waals surface area contributed by atoms with Crippen molar-refractivity contribution in [3.05, 3.63) is 58.6 Å². The summed E-state index contributed by atoms with van der Waals surface area (Å²) in [6.45, 7) is 4.86. The summed E-state index contributed by atoms with van der Waals surface area (Å²) in [5.74, 6) is 1.36. The number of hydrogen-bond donors (Lipinski definition) is 1. The van der Waals surface area contributed by atoms with Crippen LogP contribution in [0.3, 0.4) is 0 Å². The number of rotatable bonds is 7. The monoisotopic (exact) mass is 375 g/mol. The van der Waals surface area contributed by atoms with Gasteiger partial charge in [-0.3, -0.25) is 4.79 Å². The van der Waals surface area contributed by atoms with Crippen LogP contribution in [0.25, 0.3) is 0 Å². The molecule has 0 aliphatic carbocycles. The highest BCUT2D eigenvalue weighted by Gasteiger charge is 2.05. The van der Waals surface area contributed by atoms with Crippen LogP contribution in [0.4, 0.5) is 5.69 Å². The van der Waals surface area contributed by atoms with Crippen LogP contribution in [-0.4, -0.2) is 12.5 Å². The van der Waals surface area contributed by atoms with Crippen molar-refractivity contribution in [3.63, 3.8) is 0 Å². The summed E-state index contributed by atoms with van der Waals surface area (Å²) < 4.78 is 6.56. The van der Waals surface area contributed by atoms with E-state index < -0.39 is 0 Å². The van der Waals surface area contributed by atoms with Crippen LogP contribution in [0.15, 0.2) is 53.0 Å². The van der Waals surface area contributed by atoms with Crippen molar-refractivity contribution >= 4 is 27.5 Å². The lowest BCUT2D eigenvalue weighted by Gasteiger charge is -2.09. The lowest BCUT2D eigenvalue weighted by molar-refractivity contribution is -0.116. The number of anilines is 1. The minimum Gasteiger partial charge on any atom is -0.494 e. The lowest BCUT2D eigenvalue weighted by Crippen LogP contribution is -2.13. The molecule has 122 valence electrons.